The molecule has 2 fully saturated rings. The lowest BCUT2D eigenvalue weighted by Crippen LogP contribution is -2.51. The highest BCUT2D eigenvalue weighted by atomic mass is 16.5. The van der Waals surface area contributed by atoms with Crippen LogP contribution in [0.5, 0.6) is 0 Å². The number of amides is 2. The van der Waals surface area contributed by atoms with E-state index >= 15 is 0 Å². The first kappa shape index (κ1) is 25.7. The molecule has 2 aliphatic rings. The minimum atomic E-state index is -1.03. The monoisotopic (exact) mass is 479 g/mol. The number of piperidine rings is 1. The molecule has 0 saturated carbocycles. The standard InChI is InChI=1S/C29H41N3O3/c1-22-9-7-10-23(19-22)26-12-3-4-13-27(26)29(34,15-5-6-18-35-2)24-11-8-16-31(20-24)28(33)32-17-14-25(30)21-32/h3-4,7,9-10,12-13,19,24-25,34H,5-6,8,11,14-18,20-21,30H2,1-2H3/t24-,25+,29+/m1/s1. The van der Waals surface area contributed by atoms with Crippen LogP contribution in [-0.2, 0) is 10.3 Å². The van der Waals surface area contributed by atoms with E-state index in [4.69, 9.17) is 10.5 Å². The van der Waals surface area contributed by atoms with E-state index in [1.807, 2.05) is 21.9 Å². The molecule has 0 spiro atoms. The first-order valence-electron chi connectivity index (χ1n) is 13.1. The molecule has 0 bridgehead atoms. The number of ether oxygens (including phenoxy) is 1. The van der Waals surface area contributed by atoms with Crippen molar-refractivity contribution in [3.05, 3.63) is 59.7 Å². The number of methoxy groups -OCH3 is 1. The summed E-state index contributed by atoms with van der Waals surface area (Å²) in [6.45, 7) is 5.42. The van der Waals surface area contributed by atoms with E-state index in [0.717, 1.165) is 61.9 Å². The van der Waals surface area contributed by atoms with Crippen molar-refractivity contribution in [2.75, 3.05) is 39.9 Å². The van der Waals surface area contributed by atoms with Gasteiger partial charge in [0.15, 0.2) is 0 Å². The summed E-state index contributed by atoms with van der Waals surface area (Å²) in [6, 6.07) is 16.8. The van der Waals surface area contributed by atoms with Crippen LogP contribution in [0.4, 0.5) is 4.79 Å². The number of hydrogen-bond donors (Lipinski definition) is 2. The maximum Gasteiger partial charge on any atom is 0.320 e. The van der Waals surface area contributed by atoms with E-state index in [-0.39, 0.29) is 18.0 Å². The van der Waals surface area contributed by atoms with Gasteiger partial charge in [-0.25, -0.2) is 4.79 Å². The summed E-state index contributed by atoms with van der Waals surface area (Å²) in [5.74, 6) is -0.0371. The Balaban J connectivity index is 1.65. The number of nitrogens with two attached hydrogens (primary N) is 1. The van der Waals surface area contributed by atoms with Gasteiger partial charge in [-0.15, -0.1) is 0 Å². The van der Waals surface area contributed by atoms with Gasteiger partial charge in [-0.1, -0.05) is 54.1 Å². The quantitative estimate of drug-likeness (QED) is 0.545. The molecule has 2 aliphatic heterocycles. The molecule has 4 rings (SSSR count). The summed E-state index contributed by atoms with van der Waals surface area (Å²) >= 11 is 0. The second kappa shape index (κ2) is 11.5. The lowest BCUT2D eigenvalue weighted by Gasteiger charge is -2.44. The second-order valence-electron chi connectivity index (χ2n) is 10.4. The van der Waals surface area contributed by atoms with Crippen molar-refractivity contribution in [1.29, 1.82) is 0 Å². The van der Waals surface area contributed by atoms with Gasteiger partial charge in [-0.2, -0.15) is 0 Å². The molecule has 6 heteroatoms. The van der Waals surface area contributed by atoms with Crippen LogP contribution in [-0.4, -0.2) is 66.9 Å². The third kappa shape index (κ3) is 5.88. The normalized spacial score (nSPS) is 22.3. The van der Waals surface area contributed by atoms with Gasteiger partial charge in [0.25, 0.3) is 0 Å². The van der Waals surface area contributed by atoms with Crippen LogP contribution >= 0.6 is 0 Å². The van der Waals surface area contributed by atoms with Crippen molar-refractivity contribution in [3.63, 3.8) is 0 Å². The van der Waals surface area contributed by atoms with Gasteiger partial charge >= 0.3 is 6.03 Å². The van der Waals surface area contributed by atoms with Gasteiger partial charge in [0, 0.05) is 51.9 Å². The largest absolute Gasteiger partial charge is 0.385 e. The molecule has 0 unspecified atom stereocenters. The summed E-state index contributed by atoms with van der Waals surface area (Å²) in [7, 11) is 1.72. The fourth-order valence-corrected chi connectivity index (χ4v) is 5.83. The Morgan fingerprint density at radius 3 is 2.63 bits per heavy atom. The summed E-state index contributed by atoms with van der Waals surface area (Å²) in [5.41, 5.74) is 9.37. The number of benzene rings is 2. The van der Waals surface area contributed by atoms with E-state index in [1.54, 1.807) is 7.11 Å². The molecular formula is C29H41N3O3. The molecule has 2 aromatic carbocycles. The molecule has 0 radical (unpaired) electrons. The Bertz CT molecular complexity index is 997. The summed E-state index contributed by atoms with van der Waals surface area (Å²) in [4.78, 5) is 17.1. The Hall–Kier alpha value is -2.41. The summed E-state index contributed by atoms with van der Waals surface area (Å²) < 4.78 is 5.28. The van der Waals surface area contributed by atoms with Crippen molar-refractivity contribution < 1.29 is 14.6 Å². The lowest BCUT2D eigenvalue weighted by atomic mass is 9.72. The maximum absolute atomic E-state index is 13.3. The van der Waals surface area contributed by atoms with E-state index in [9.17, 15) is 9.90 Å². The molecular weight excluding hydrogens is 438 g/mol. The number of nitrogens with zero attached hydrogens (tertiary/aromatic N) is 2. The Kier molecular flexibility index (Phi) is 8.47. The van der Waals surface area contributed by atoms with Gasteiger partial charge in [0.2, 0.25) is 0 Å². The highest BCUT2D eigenvalue weighted by Crippen LogP contribution is 2.44. The SMILES string of the molecule is COCCCC[C@@](O)(c1ccccc1-c1cccc(C)c1)[C@@H]1CCCN(C(=O)N2CC[C@H](N)C2)C1. The number of rotatable bonds is 8. The van der Waals surface area contributed by atoms with E-state index in [0.29, 0.717) is 26.1 Å². The fraction of sp³-hybridized carbons (Fsp3) is 0.552. The third-order valence-electron chi connectivity index (χ3n) is 7.74. The highest BCUT2D eigenvalue weighted by molar-refractivity contribution is 5.75. The number of carbonyl (C=O) groups excluding carboxylic acids is 1. The van der Waals surface area contributed by atoms with Crippen molar-refractivity contribution in [3.8, 4) is 11.1 Å². The van der Waals surface area contributed by atoms with Gasteiger partial charge in [-0.3, -0.25) is 0 Å². The average molecular weight is 480 g/mol. The van der Waals surface area contributed by atoms with E-state index in [2.05, 4.69) is 43.3 Å². The fourth-order valence-electron chi connectivity index (χ4n) is 5.83. The van der Waals surface area contributed by atoms with Crippen molar-refractivity contribution in [2.45, 2.75) is 57.1 Å². The summed E-state index contributed by atoms with van der Waals surface area (Å²) in [5, 5.41) is 12.5. The predicted octanol–water partition coefficient (Wildman–Crippen LogP) is 4.53. The van der Waals surface area contributed by atoms with Crippen LogP contribution in [0.15, 0.2) is 48.5 Å². The van der Waals surface area contributed by atoms with Crippen molar-refractivity contribution in [1.82, 2.24) is 9.80 Å². The number of aliphatic hydroxyl groups is 1. The predicted molar refractivity (Wildman–Crippen MR) is 140 cm³/mol. The molecule has 3 N–H and O–H groups in total. The molecule has 2 saturated heterocycles. The molecule has 35 heavy (non-hydrogen) atoms. The molecule has 2 heterocycles. The molecule has 2 amide bonds. The zero-order chi connectivity index (χ0) is 24.8. The van der Waals surface area contributed by atoms with Crippen LogP contribution in [0.1, 0.15) is 49.7 Å². The number of urea groups is 1. The first-order valence-corrected chi connectivity index (χ1v) is 13.1. The van der Waals surface area contributed by atoms with Crippen LogP contribution in [0, 0.1) is 12.8 Å². The van der Waals surface area contributed by atoms with E-state index < -0.39 is 5.60 Å². The third-order valence-corrected chi connectivity index (χ3v) is 7.74. The van der Waals surface area contributed by atoms with Crippen LogP contribution in [0.25, 0.3) is 11.1 Å². The maximum atomic E-state index is 13.3. The Morgan fingerprint density at radius 1 is 1.09 bits per heavy atom. The lowest BCUT2D eigenvalue weighted by molar-refractivity contribution is -0.0571. The van der Waals surface area contributed by atoms with Crippen molar-refractivity contribution in [2.24, 2.45) is 11.7 Å². The van der Waals surface area contributed by atoms with Gasteiger partial charge < -0.3 is 25.4 Å². The zero-order valence-electron chi connectivity index (χ0n) is 21.3. The number of aryl methyl sites for hydroxylation is 1. The van der Waals surface area contributed by atoms with Gasteiger partial charge in [-0.05, 0) is 62.1 Å². The number of carbonyl (C=O) groups is 1. The number of unbranched alkanes of at least 4 members (excludes halogenated alkanes) is 1. The second-order valence-corrected chi connectivity index (χ2v) is 10.4. The first-order chi connectivity index (χ1) is 16.9. The van der Waals surface area contributed by atoms with Gasteiger partial charge in [0.1, 0.15) is 0 Å². The molecule has 3 atom stereocenters. The highest BCUT2D eigenvalue weighted by Gasteiger charge is 2.43. The molecule has 0 aromatic heterocycles. The number of hydrogen-bond acceptors (Lipinski definition) is 4. The molecule has 190 valence electrons. The van der Waals surface area contributed by atoms with Crippen LogP contribution in [0.2, 0.25) is 0 Å². The van der Waals surface area contributed by atoms with E-state index in [1.165, 1.54) is 5.56 Å². The van der Waals surface area contributed by atoms with Crippen LogP contribution < -0.4 is 5.73 Å². The zero-order valence-corrected chi connectivity index (χ0v) is 21.3. The Labute approximate surface area is 210 Å². The number of likely N-dealkylation sites (tertiary alicyclic amines) is 2. The molecule has 0 aliphatic carbocycles. The summed E-state index contributed by atoms with van der Waals surface area (Å²) in [6.07, 6.45) is 5.04. The van der Waals surface area contributed by atoms with Gasteiger partial charge in [0.05, 0.1) is 5.60 Å². The smallest absolute Gasteiger partial charge is 0.320 e. The minimum Gasteiger partial charge on any atom is -0.385 e. The average Bonchev–Trinajstić information content (AvgIpc) is 3.32. The van der Waals surface area contributed by atoms with Crippen LogP contribution in [0.3, 0.4) is 0 Å². The molecule has 6 nitrogen and oxygen atoms in total. The topological polar surface area (TPSA) is 79.0 Å². The minimum absolute atomic E-state index is 0.0371. The Morgan fingerprint density at radius 2 is 1.89 bits per heavy atom. The molecule has 2 aromatic rings. The van der Waals surface area contributed by atoms with Crippen molar-refractivity contribution >= 4 is 6.03 Å².